The Hall–Kier alpha value is -3.58. The van der Waals surface area contributed by atoms with Gasteiger partial charge in [-0.3, -0.25) is 0 Å². The Morgan fingerprint density at radius 3 is 2.22 bits per heavy atom. The lowest BCUT2D eigenvalue weighted by Crippen LogP contribution is -2.30. The summed E-state index contributed by atoms with van der Waals surface area (Å²) in [7, 11) is -3.69. The molecule has 0 fully saturated rings. The van der Waals surface area contributed by atoms with Crippen LogP contribution in [0, 0.1) is 13.8 Å². The van der Waals surface area contributed by atoms with Crippen LogP contribution in [0.2, 0.25) is 0 Å². The van der Waals surface area contributed by atoms with Gasteiger partial charge in [0.05, 0.1) is 10.4 Å². The summed E-state index contributed by atoms with van der Waals surface area (Å²) in [5.74, 6) is 0. The van der Waals surface area contributed by atoms with Gasteiger partial charge in [-0.25, -0.2) is 17.2 Å². The fraction of sp³-hybridized carbons (Fsp3) is 0.160. The van der Waals surface area contributed by atoms with E-state index >= 15 is 0 Å². The first-order valence-corrected chi connectivity index (χ1v) is 11.8. The number of rotatable bonds is 6. The zero-order valence-electron chi connectivity index (χ0n) is 18.0. The van der Waals surface area contributed by atoms with Gasteiger partial charge in [-0.15, -0.1) is 0 Å². The van der Waals surface area contributed by atoms with Crippen molar-refractivity contribution >= 4 is 32.6 Å². The van der Waals surface area contributed by atoms with Crippen molar-refractivity contribution in [1.82, 2.24) is 9.29 Å². The maximum atomic E-state index is 13.1. The second kappa shape index (κ2) is 8.88. The molecule has 3 aromatic carbocycles. The Morgan fingerprint density at radius 2 is 1.53 bits per heavy atom. The van der Waals surface area contributed by atoms with Crippen molar-refractivity contribution in [2.75, 3.05) is 11.9 Å². The Balaban J connectivity index is 1.46. The molecule has 0 saturated carbocycles. The van der Waals surface area contributed by atoms with Crippen molar-refractivity contribution in [2.45, 2.75) is 25.2 Å². The van der Waals surface area contributed by atoms with E-state index in [1.807, 2.05) is 56.3 Å². The lowest BCUT2D eigenvalue weighted by Gasteiger charge is -2.10. The summed E-state index contributed by atoms with van der Waals surface area (Å²) in [4.78, 5) is 12.4. The van der Waals surface area contributed by atoms with E-state index in [9.17, 15) is 13.2 Å². The number of fused-ring (bicyclic) bond motifs is 1. The Bertz CT molecular complexity index is 1360. The molecule has 0 bridgehead atoms. The van der Waals surface area contributed by atoms with Gasteiger partial charge in [0, 0.05) is 23.8 Å². The van der Waals surface area contributed by atoms with Crippen molar-refractivity contribution in [3.63, 3.8) is 0 Å². The predicted molar refractivity (Wildman–Crippen MR) is 128 cm³/mol. The molecule has 0 aliphatic rings. The minimum atomic E-state index is -3.69. The fourth-order valence-corrected chi connectivity index (χ4v) is 4.82. The summed E-state index contributed by atoms with van der Waals surface area (Å²) in [5, 5.41) is 6.48. The Kier molecular flexibility index (Phi) is 6.01. The molecule has 2 N–H and O–H groups in total. The van der Waals surface area contributed by atoms with Gasteiger partial charge < -0.3 is 10.6 Å². The van der Waals surface area contributed by atoms with Crippen LogP contribution in [0.1, 0.15) is 16.7 Å². The lowest BCUT2D eigenvalue weighted by atomic mass is 10.1. The lowest BCUT2D eigenvalue weighted by molar-refractivity contribution is 0.252. The van der Waals surface area contributed by atoms with E-state index in [2.05, 4.69) is 10.6 Å². The molecule has 0 unspecified atom stereocenters. The van der Waals surface area contributed by atoms with E-state index in [-0.39, 0.29) is 10.9 Å². The van der Waals surface area contributed by atoms with Crippen LogP contribution in [0.15, 0.2) is 83.9 Å². The first-order valence-electron chi connectivity index (χ1n) is 10.4. The minimum absolute atomic E-state index is 0.250. The third-order valence-electron chi connectivity index (χ3n) is 5.31. The zero-order valence-corrected chi connectivity index (χ0v) is 18.8. The Labute approximate surface area is 187 Å². The summed E-state index contributed by atoms with van der Waals surface area (Å²) in [6.07, 6.45) is 2.16. The third-order valence-corrected chi connectivity index (χ3v) is 7.01. The predicted octanol–water partition coefficient (Wildman–Crippen LogP) is 4.86. The fourth-order valence-electron chi connectivity index (χ4n) is 3.47. The molecular weight excluding hydrogens is 422 g/mol. The second-order valence-electron chi connectivity index (χ2n) is 7.82. The number of urea groups is 1. The quantitative estimate of drug-likeness (QED) is 0.443. The van der Waals surface area contributed by atoms with Crippen LogP contribution >= 0.6 is 0 Å². The molecule has 0 aliphatic carbocycles. The molecule has 0 radical (unpaired) electrons. The topological polar surface area (TPSA) is 80.2 Å². The highest BCUT2D eigenvalue weighted by Crippen LogP contribution is 2.23. The number of carbonyl (C=O) groups excluding carboxylic acids is 1. The van der Waals surface area contributed by atoms with Gasteiger partial charge in [0.15, 0.2) is 0 Å². The number of nitrogens with one attached hydrogen (secondary N) is 2. The van der Waals surface area contributed by atoms with Crippen LogP contribution in [0.3, 0.4) is 0 Å². The van der Waals surface area contributed by atoms with Crippen molar-refractivity contribution in [1.29, 1.82) is 0 Å². The molecule has 0 atom stereocenters. The monoisotopic (exact) mass is 447 g/mol. The number of hydrogen-bond acceptors (Lipinski definition) is 3. The van der Waals surface area contributed by atoms with Gasteiger partial charge in [-0.2, -0.15) is 0 Å². The largest absolute Gasteiger partial charge is 0.338 e. The van der Waals surface area contributed by atoms with Gasteiger partial charge in [-0.05, 0) is 62.2 Å². The summed E-state index contributed by atoms with van der Waals surface area (Å²) in [6, 6.07) is 21.6. The summed E-state index contributed by atoms with van der Waals surface area (Å²) in [6.45, 7) is 4.33. The molecule has 1 aromatic heterocycles. The maximum absolute atomic E-state index is 13.1. The number of nitrogens with zero attached hydrogens (tertiary/aromatic N) is 1. The highest BCUT2D eigenvalue weighted by atomic mass is 32.2. The smallest absolute Gasteiger partial charge is 0.319 e. The SMILES string of the molecule is Cc1ccc(NC(=O)NCCc2ccc3ccn(S(=O)(=O)c4ccc(C)cc4)c3c2)cc1. The first kappa shape index (κ1) is 21.6. The highest BCUT2D eigenvalue weighted by molar-refractivity contribution is 7.90. The zero-order chi connectivity index (χ0) is 22.7. The van der Waals surface area contributed by atoms with Gasteiger partial charge in [0.1, 0.15) is 0 Å². The average molecular weight is 448 g/mol. The van der Waals surface area contributed by atoms with Gasteiger partial charge in [0.25, 0.3) is 10.0 Å². The number of amides is 2. The van der Waals surface area contributed by atoms with Crippen molar-refractivity contribution in [3.8, 4) is 0 Å². The van der Waals surface area contributed by atoms with E-state index in [4.69, 9.17) is 0 Å². The van der Waals surface area contributed by atoms with E-state index in [1.165, 1.54) is 3.97 Å². The molecule has 0 saturated heterocycles. The van der Waals surface area contributed by atoms with Crippen LogP contribution in [0.5, 0.6) is 0 Å². The molecule has 0 aliphatic heterocycles. The number of aryl methyl sites for hydroxylation is 2. The maximum Gasteiger partial charge on any atom is 0.319 e. The number of aromatic nitrogens is 1. The van der Waals surface area contributed by atoms with Gasteiger partial charge in [0.2, 0.25) is 0 Å². The van der Waals surface area contributed by atoms with Crippen molar-refractivity contribution in [3.05, 3.63) is 95.7 Å². The number of hydrogen-bond donors (Lipinski definition) is 2. The van der Waals surface area contributed by atoms with Crippen molar-refractivity contribution < 1.29 is 13.2 Å². The van der Waals surface area contributed by atoms with Crippen LogP contribution in [0.25, 0.3) is 10.9 Å². The Morgan fingerprint density at radius 1 is 0.875 bits per heavy atom. The third kappa shape index (κ3) is 4.68. The van der Waals surface area contributed by atoms with Crippen molar-refractivity contribution in [2.24, 2.45) is 0 Å². The first-order chi connectivity index (χ1) is 15.3. The molecule has 4 rings (SSSR count). The highest BCUT2D eigenvalue weighted by Gasteiger charge is 2.18. The normalized spacial score (nSPS) is 11.4. The van der Waals surface area contributed by atoms with E-state index in [0.29, 0.717) is 18.5 Å². The average Bonchev–Trinajstić information content (AvgIpc) is 3.20. The molecule has 0 spiro atoms. The summed E-state index contributed by atoms with van der Waals surface area (Å²) < 4.78 is 27.6. The number of carbonyl (C=O) groups is 1. The van der Waals surface area contributed by atoms with E-state index < -0.39 is 10.0 Å². The van der Waals surface area contributed by atoms with Gasteiger partial charge >= 0.3 is 6.03 Å². The van der Waals surface area contributed by atoms with Crippen LogP contribution < -0.4 is 10.6 Å². The van der Waals surface area contributed by atoms with Crippen LogP contribution in [-0.2, 0) is 16.4 Å². The van der Waals surface area contributed by atoms with Gasteiger partial charge in [-0.1, -0.05) is 47.5 Å². The van der Waals surface area contributed by atoms with E-state index in [0.717, 1.165) is 27.8 Å². The summed E-state index contributed by atoms with van der Waals surface area (Å²) >= 11 is 0. The molecule has 6 nitrogen and oxygen atoms in total. The molecule has 1 heterocycles. The molecule has 7 heteroatoms. The number of anilines is 1. The standard InChI is InChI=1S/C25H25N3O3S/c1-18-3-9-22(10-4-18)27-25(29)26-15-13-20-7-8-21-14-16-28(24(21)17-20)32(30,31)23-11-5-19(2)6-12-23/h3-12,14,16-17H,13,15H2,1-2H3,(H2,26,27,29). The number of benzene rings is 3. The molecule has 4 aromatic rings. The second-order valence-corrected chi connectivity index (χ2v) is 9.63. The molecule has 164 valence electrons. The summed E-state index contributed by atoms with van der Waals surface area (Å²) in [5.41, 5.74) is 4.41. The molecule has 32 heavy (non-hydrogen) atoms. The molecular formula is C25H25N3O3S. The van der Waals surface area contributed by atoms with Crippen LogP contribution in [-0.4, -0.2) is 25.0 Å². The molecule has 2 amide bonds. The van der Waals surface area contributed by atoms with Crippen LogP contribution in [0.4, 0.5) is 10.5 Å². The minimum Gasteiger partial charge on any atom is -0.338 e. The van der Waals surface area contributed by atoms with E-state index in [1.54, 1.807) is 36.5 Å².